The molecule has 98 valence electrons. The van der Waals surface area contributed by atoms with Gasteiger partial charge in [0.15, 0.2) is 0 Å². The zero-order chi connectivity index (χ0) is 13.5. The third kappa shape index (κ3) is 3.44. The van der Waals surface area contributed by atoms with Crippen molar-refractivity contribution < 1.29 is 14.3 Å². The second-order valence-electron chi connectivity index (χ2n) is 3.61. The van der Waals surface area contributed by atoms with Crippen LogP contribution >= 0.6 is 0 Å². The number of ether oxygens (including phenoxy) is 1. The van der Waals surface area contributed by atoms with E-state index in [9.17, 15) is 9.59 Å². The minimum Gasteiger partial charge on any atom is -0.497 e. The molecular formula is C11H16N4O3. The monoisotopic (exact) mass is 252 g/mol. The van der Waals surface area contributed by atoms with Crippen molar-refractivity contribution in [3.05, 3.63) is 29.8 Å². The van der Waals surface area contributed by atoms with E-state index in [0.29, 0.717) is 11.3 Å². The predicted octanol–water partition coefficient (Wildman–Crippen LogP) is -0.851. The largest absolute Gasteiger partial charge is 0.497 e. The number of methoxy groups -OCH3 is 1. The third-order valence-electron chi connectivity index (χ3n) is 2.53. The van der Waals surface area contributed by atoms with Crippen LogP contribution in [0.2, 0.25) is 0 Å². The number of carbonyl (C=O) groups is 2. The van der Waals surface area contributed by atoms with E-state index < -0.39 is 17.7 Å². The number of rotatable bonds is 5. The Hall–Kier alpha value is -2.12. The van der Waals surface area contributed by atoms with E-state index in [2.05, 4.69) is 0 Å². The first kappa shape index (κ1) is 13.9. The summed E-state index contributed by atoms with van der Waals surface area (Å²) in [6.45, 7) is 0. The molecule has 7 heteroatoms. The molecule has 6 N–H and O–H groups in total. The second-order valence-corrected chi connectivity index (χ2v) is 3.61. The predicted molar refractivity (Wildman–Crippen MR) is 65.0 cm³/mol. The van der Waals surface area contributed by atoms with Crippen LogP contribution in [-0.2, 0) is 9.59 Å². The fourth-order valence-corrected chi connectivity index (χ4v) is 1.54. The van der Waals surface area contributed by atoms with Crippen molar-refractivity contribution in [2.45, 2.75) is 12.3 Å². The van der Waals surface area contributed by atoms with Gasteiger partial charge in [0, 0.05) is 6.42 Å². The van der Waals surface area contributed by atoms with E-state index in [1.165, 1.54) is 0 Å². The highest BCUT2D eigenvalue weighted by atomic mass is 16.5. The topological polar surface area (TPSA) is 119 Å². The van der Waals surface area contributed by atoms with Gasteiger partial charge in [-0.25, -0.2) is 11.7 Å². The van der Waals surface area contributed by atoms with Crippen LogP contribution in [0.25, 0.3) is 0 Å². The molecule has 0 radical (unpaired) electrons. The van der Waals surface area contributed by atoms with E-state index >= 15 is 0 Å². The smallest absolute Gasteiger partial charge is 0.241 e. The van der Waals surface area contributed by atoms with Crippen LogP contribution in [-0.4, -0.2) is 18.9 Å². The van der Waals surface area contributed by atoms with Gasteiger partial charge in [-0.05, 0) is 17.7 Å². The molecule has 1 rings (SSSR count). The maximum atomic E-state index is 11.6. The quantitative estimate of drug-likeness (QED) is 0.309. The summed E-state index contributed by atoms with van der Waals surface area (Å²) in [5, 5.41) is 0. The third-order valence-corrected chi connectivity index (χ3v) is 2.53. The minimum atomic E-state index is -0.690. The highest BCUT2D eigenvalue weighted by Gasteiger charge is 2.22. The molecule has 0 saturated heterocycles. The molecule has 1 atom stereocenters. The molecule has 0 heterocycles. The SMILES string of the molecule is COc1ccc([C@H](CC(=O)NN)C(=O)NN)cc1. The summed E-state index contributed by atoms with van der Waals surface area (Å²) in [6, 6.07) is 6.80. The van der Waals surface area contributed by atoms with Gasteiger partial charge < -0.3 is 4.74 Å². The van der Waals surface area contributed by atoms with E-state index in [4.69, 9.17) is 16.4 Å². The number of amides is 2. The minimum absolute atomic E-state index is 0.0775. The van der Waals surface area contributed by atoms with E-state index in [1.807, 2.05) is 10.9 Å². The summed E-state index contributed by atoms with van der Waals surface area (Å²) in [7, 11) is 1.54. The Labute approximate surface area is 104 Å². The summed E-state index contributed by atoms with van der Waals surface area (Å²) in [5.74, 6) is 9.17. The number of hydrogen-bond donors (Lipinski definition) is 4. The van der Waals surface area contributed by atoms with Gasteiger partial charge in [0.05, 0.1) is 13.0 Å². The van der Waals surface area contributed by atoms with Gasteiger partial charge in [-0.3, -0.25) is 20.4 Å². The molecule has 7 nitrogen and oxygen atoms in total. The standard InChI is InChI=1S/C11H16N4O3/c1-18-8-4-2-7(3-5-8)9(11(17)15-13)6-10(16)14-12/h2-5,9H,6,12-13H2,1H3,(H,14,16)(H,15,17)/t9-/m0/s1. The molecule has 1 aromatic carbocycles. The maximum absolute atomic E-state index is 11.6. The fourth-order valence-electron chi connectivity index (χ4n) is 1.54. The van der Waals surface area contributed by atoms with Gasteiger partial charge in [0.2, 0.25) is 11.8 Å². The summed E-state index contributed by atoms with van der Waals surface area (Å²) in [6.07, 6.45) is -0.0775. The zero-order valence-electron chi connectivity index (χ0n) is 9.97. The Bertz CT molecular complexity index is 419. The van der Waals surface area contributed by atoms with Crippen molar-refractivity contribution in [1.82, 2.24) is 10.9 Å². The van der Waals surface area contributed by atoms with Crippen LogP contribution in [0.1, 0.15) is 17.9 Å². The summed E-state index contributed by atoms with van der Waals surface area (Å²) in [5.41, 5.74) is 4.67. The van der Waals surface area contributed by atoms with Gasteiger partial charge in [0.25, 0.3) is 0 Å². The van der Waals surface area contributed by atoms with E-state index in [0.717, 1.165) is 0 Å². The van der Waals surface area contributed by atoms with Crippen LogP contribution < -0.4 is 27.3 Å². The number of nitrogens with one attached hydrogen (secondary N) is 2. The lowest BCUT2D eigenvalue weighted by Crippen LogP contribution is -2.38. The van der Waals surface area contributed by atoms with Gasteiger partial charge in [-0.2, -0.15) is 0 Å². The van der Waals surface area contributed by atoms with Crippen molar-refractivity contribution in [3.63, 3.8) is 0 Å². The summed E-state index contributed by atoms with van der Waals surface area (Å²) in [4.78, 5) is 22.9. The molecule has 0 aromatic heterocycles. The lowest BCUT2D eigenvalue weighted by atomic mass is 9.94. The maximum Gasteiger partial charge on any atom is 0.241 e. The Balaban J connectivity index is 2.93. The first-order valence-electron chi connectivity index (χ1n) is 5.26. The molecule has 0 aliphatic rings. The number of benzene rings is 1. The van der Waals surface area contributed by atoms with Gasteiger partial charge in [-0.15, -0.1) is 0 Å². The Kier molecular flexibility index (Phi) is 5.09. The van der Waals surface area contributed by atoms with Crippen molar-refractivity contribution in [2.24, 2.45) is 11.7 Å². The van der Waals surface area contributed by atoms with Gasteiger partial charge in [-0.1, -0.05) is 12.1 Å². The molecule has 0 aliphatic carbocycles. The molecule has 0 bridgehead atoms. The number of nitrogens with two attached hydrogens (primary N) is 2. The molecule has 18 heavy (non-hydrogen) atoms. The number of carbonyl (C=O) groups excluding carboxylic acids is 2. The molecule has 0 aliphatic heterocycles. The lowest BCUT2D eigenvalue weighted by molar-refractivity contribution is -0.127. The van der Waals surface area contributed by atoms with Crippen LogP contribution in [0.4, 0.5) is 0 Å². The Morgan fingerprint density at radius 3 is 2.28 bits per heavy atom. The van der Waals surface area contributed by atoms with Crippen molar-refractivity contribution in [3.8, 4) is 5.75 Å². The van der Waals surface area contributed by atoms with Crippen molar-refractivity contribution in [1.29, 1.82) is 0 Å². The first-order chi connectivity index (χ1) is 8.62. The van der Waals surface area contributed by atoms with Crippen molar-refractivity contribution in [2.75, 3.05) is 7.11 Å². The lowest BCUT2D eigenvalue weighted by Gasteiger charge is -2.15. The molecule has 1 aromatic rings. The second kappa shape index (κ2) is 6.58. The molecular weight excluding hydrogens is 236 g/mol. The zero-order valence-corrected chi connectivity index (χ0v) is 9.97. The van der Waals surface area contributed by atoms with Crippen LogP contribution in [0.3, 0.4) is 0 Å². The summed E-state index contributed by atoms with van der Waals surface area (Å²) >= 11 is 0. The van der Waals surface area contributed by atoms with Gasteiger partial charge in [0.1, 0.15) is 5.75 Å². The Morgan fingerprint density at radius 2 is 1.83 bits per heavy atom. The van der Waals surface area contributed by atoms with Gasteiger partial charge >= 0.3 is 0 Å². The average molecular weight is 252 g/mol. The fraction of sp³-hybridized carbons (Fsp3) is 0.273. The van der Waals surface area contributed by atoms with Crippen LogP contribution in [0.15, 0.2) is 24.3 Å². The number of hydrogen-bond acceptors (Lipinski definition) is 5. The molecule has 0 fully saturated rings. The van der Waals surface area contributed by atoms with Crippen LogP contribution in [0.5, 0.6) is 5.75 Å². The Morgan fingerprint density at radius 1 is 1.22 bits per heavy atom. The van der Waals surface area contributed by atoms with Crippen molar-refractivity contribution >= 4 is 11.8 Å². The van der Waals surface area contributed by atoms with Crippen LogP contribution in [0, 0.1) is 0 Å². The highest BCUT2D eigenvalue weighted by Crippen LogP contribution is 2.22. The molecule has 0 unspecified atom stereocenters. The normalized spacial score (nSPS) is 11.5. The average Bonchev–Trinajstić information content (AvgIpc) is 2.43. The number of hydrazine groups is 2. The molecule has 2 amide bonds. The molecule has 0 saturated carbocycles. The highest BCUT2D eigenvalue weighted by molar-refractivity contribution is 5.89. The first-order valence-corrected chi connectivity index (χ1v) is 5.26. The molecule has 0 spiro atoms. The summed E-state index contributed by atoms with van der Waals surface area (Å²) < 4.78 is 5.01. The van der Waals surface area contributed by atoms with E-state index in [-0.39, 0.29) is 6.42 Å². The van der Waals surface area contributed by atoms with E-state index in [1.54, 1.807) is 31.4 Å².